The quantitative estimate of drug-likeness (QED) is 0.462. The van der Waals surface area contributed by atoms with E-state index in [1.54, 1.807) is 25.1 Å². The lowest BCUT2D eigenvalue weighted by atomic mass is 10.1. The molecule has 0 amide bonds. The highest BCUT2D eigenvalue weighted by Gasteiger charge is 2.20. The number of carbonyl (C=O) groups is 1. The molecular formula is C17H17NO4. The van der Waals surface area contributed by atoms with Crippen molar-refractivity contribution in [2.75, 3.05) is 0 Å². The van der Waals surface area contributed by atoms with Crippen LogP contribution in [0.1, 0.15) is 30.6 Å². The topological polar surface area (TPSA) is 69.4 Å². The van der Waals surface area contributed by atoms with Gasteiger partial charge in [0.05, 0.1) is 10.5 Å². The second-order valence-electron chi connectivity index (χ2n) is 4.93. The summed E-state index contributed by atoms with van der Waals surface area (Å²) in [6, 6.07) is 15.9. The molecule has 5 heteroatoms. The zero-order valence-corrected chi connectivity index (χ0v) is 12.3. The normalized spacial score (nSPS) is 11.7. The van der Waals surface area contributed by atoms with Gasteiger partial charge in [0, 0.05) is 12.5 Å². The Hall–Kier alpha value is -2.69. The third-order valence-electron chi connectivity index (χ3n) is 3.34. The fourth-order valence-corrected chi connectivity index (χ4v) is 2.21. The molecule has 1 atom stereocenters. The number of carbonyl (C=O) groups excluding carboxylic acids is 1. The van der Waals surface area contributed by atoms with E-state index in [9.17, 15) is 14.9 Å². The summed E-state index contributed by atoms with van der Waals surface area (Å²) in [6.45, 7) is 1.64. The number of benzene rings is 2. The number of nitro benzene ring substituents is 1. The summed E-state index contributed by atoms with van der Waals surface area (Å²) < 4.78 is 5.31. The summed E-state index contributed by atoms with van der Waals surface area (Å²) in [4.78, 5) is 22.4. The lowest BCUT2D eigenvalue weighted by molar-refractivity contribution is -0.386. The Labute approximate surface area is 128 Å². The first-order valence-corrected chi connectivity index (χ1v) is 7.04. The summed E-state index contributed by atoms with van der Waals surface area (Å²) in [7, 11) is 0. The van der Waals surface area contributed by atoms with Crippen LogP contribution in [-0.4, -0.2) is 10.9 Å². The smallest absolute Gasteiger partial charge is 0.306 e. The van der Waals surface area contributed by atoms with Gasteiger partial charge in [-0.1, -0.05) is 42.5 Å². The van der Waals surface area contributed by atoms with Crippen LogP contribution in [0.15, 0.2) is 54.6 Å². The average Bonchev–Trinajstić information content (AvgIpc) is 2.54. The Morgan fingerprint density at radius 3 is 2.45 bits per heavy atom. The van der Waals surface area contributed by atoms with Gasteiger partial charge in [0.1, 0.15) is 6.10 Å². The highest BCUT2D eigenvalue weighted by Crippen LogP contribution is 2.27. The Morgan fingerprint density at radius 1 is 1.14 bits per heavy atom. The van der Waals surface area contributed by atoms with Crippen LogP contribution in [-0.2, 0) is 16.0 Å². The van der Waals surface area contributed by atoms with Crippen LogP contribution in [0.2, 0.25) is 0 Å². The highest BCUT2D eigenvalue weighted by molar-refractivity contribution is 5.70. The zero-order valence-electron chi connectivity index (χ0n) is 12.3. The van der Waals surface area contributed by atoms with E-state index in [1.165, 1.54) is 6.07 Å². The first-order valence-electron chi connectivity index (χ1n) is 7.04. The van der Waals surface area contributed by atoms with E-state index in [-0.39, 0.29) is 18.1 Å². The molecule has 0 aliphatic carbocycles. The van der Waals surface area contributed by atoms with E-state index in [0.29, 0.717) is 12.0 Å². The summed E-state index contributed by atoms with van der Waals surface area (Å²) in [5, 5.41) is 11.0. The number of para-hydroxylation sites is 1. The van der Waals surface area contributed by atoms with Crippen molar-refractivity contribution in [3.05, 3.63) is 75.8 Å². The molecule has 0 spiro atoms. The maximum absolute atomic E-state index is 11.9. The largest absolute Gasteiger partial charge is 0.457 e. The van der Waals surface area contributed by atoms with Crippen molar-refractivity contribution >= 4 is 11.7 Å². The molecule has 5 nitrogen and oxygen atoms in total. The fraction of sp³-hybridized carbons (Fsp3) is 0.235. The molecule has 0 radical (unpaired) electrons. The van der Waals surface area contributed by atoms with E-state index >= 15 is 0 Å². The van der Waals surface area contributed by atoms with Gasteiger partial charge in [-0.2, -0.15) is 0 Å². The van der Waals surface area contributed by atoms with Crippen LogP contribution in [0.3, 0.4) is 0 Å². The van der Waals surface area contributed by atoms with Crippen molar-refractivity contribution in [2.45, 2.75) is 25.9 Å². The van der Waals surface area contributed by atoms with E-state index in [1.807, 2.05) is 30.3 Å². The molecule has 0 saturated carbocycles. The van der Waals surface area contributed by atoms with Crippen LogP contribution in [0.25, 0.3) is 0 Å². The maximum atomic E-state index is 11.9. The third-order valence-corrected chi connectivity index (χ3v) is 3.34. The second kappa shape index (κ2) is 7.36. The Morgan fingerprint density at radius 2 is 1.77 bits per heavy atom. The minimum atomic E-state index is -0.648. The molecule has 22 heavy (non-hydrogen) atoms. The minimum Gasteiger partial charge on any atom is -0.457 e. The molecule has 0 aliphatic heterocycles. The zero-order chi connectivity index (χ0) is 15.9. The molecule has 0 heterocycles. The molecule has 2 aromatic carbocycles. The molecule has 0 fully saturated rings. The van der Waals surface area contributed by atoms with Gasteiger partial charge >= 0.3 is 5.97 Å². The number of nitro groups is 1. The van der Waals surface area contributed by atoms with E-state index in [0.717, 1.165) is 5.56 Å². The molecular weight excluding hydrogens is 282 g/mol. The molecule has 2 rings (SSSR count). The van der Waals surface area contributed by atoms with Gasteiger partial charge in [-0.05, 0) is 25.0 Å². The number of aryl methyl sites for hydroxylation is 1. The summed E-state index contributed by atoms with van der Waals surface area (Å²) in [5.74, 6) is -0.366. The summed E-state index contributed by atoms with van der Waals surface area (Å²) >= 11 is 0. The second-order valence-corrected chi connectivity index (χ2v) is 4.93. The molecule has 0 bridgehead atoms. The lowest BCUT2D eigenvalue weighted by Gasteiger charge is -2.13. The van der Waals surface area contributed by atoms with Crippen LogP contribution in [0, 0.1) is 10.1 Å². The van der Waals surface area contributed by atoms with Crippen molar-refractivity contribution in [2.24, 2.45) is 0 Å². The van der Waals surface area contributed by atoms with Gasteiger partial charge in [0.15, 0.2) is 0 Å². The summed E-state index contributed by atoms with van der Waals surface area (Å²) in [5.41, 5.74) is 1.42. The first-order chi connectivity index (χ1) is 10.6. The summed E-state index contributed by atoms with van der Waals surface area (Å²) in [6.07, 6.45) is 0.183. The van der Waals surface area contributed by atoms with Gasteiger partial charge in [-0.25, -0.2) is 0 Å². The molecule has 0 aromatic heterocycles. The van der Waals surface area contributed by atoms with Crippen molar-refractivity contribution in [3.63, 3.8) is 0 Å². The number of rotatable bonds is 6. The Bertz CT molecular complexity index is 655. The van der Waals surface area contributed by atoms with E-state index < -0.39 is 11.0 Å². The lowest BCUT2D eigenvalue weighted by Crippen LogP contribution is -2.11. The standard InChI is InChI=1S/C17H17NO4/c1-13(15-9-5-6-10-16(15)18(20)21)22-17(19)12-11-14-7-3-2-4-8-14/h2-10,13H,11-12H2,1H3/t13-/m0/s1. The maximum Gasteiger partial charge on any atom is 0.306 e. The van der Waals surface area contributed by atoms with Crippen LogP contribution in [0.4, 0.5) is 5.69 Å². The van der Waals surface area contributed by atoms with Gasteiger partial charge in [0.25, 0.3) is 5.69 Å². The SMILES string of the molecule is C[C@H](OC(=O)CCc1ccccc1)c1ccccc1[N+](=O)[O-]. The van der Waals surface area contributed by atoms with Crippen LogP contribution >= 0.6 is 0 Å². The van der Waals surface area contributed by atoms with Crippen molar-refractivity contribution in [3.8, 4) is 0 Å². The van der Waals surface area contributed by atoms with Gasteiger partial charge in [-0.15, -0.1) is 0 Å². The van der Waals surface area contributed by atoms with Crippen molar-refractivity contribution < 1.29 is 14.5 Å². The molecule has 0 saturated heterocycles. The number of hydrogen-bond donors (Lipinski definition) is 0. The van der Waals surface area contributed by atoms with Gasteiger partial charge < -0.3 is 4.74 Å². The predicted molar refractivity (Wildman–Crippen MR) is 82.4 cm³/mol. The Balaban J connectivity index is 1.95. The van der Waals surface area contributed by atoms with E-state index in [4.69, 9.17) is 4.74 Å². The molecule has 114 valence electrons. The molecule has 0 aliphatic rings. The number of esters is 1. The van der Waals surface area contributed by atoms with Gasteiger partial charge in [0.2, 0.25) is 0 Å². The number of ether oxygens (including phenoxy) is 1. The molecule has 2 aromatic rings. The predicted octanol–water partition coefficient (Wildman–Crippen LogP) is 3.83. The average molecular weight is 299 g/mol. The Kier molecular flexibility index (Phi) is 5.25. The number of nitrogens with zero attached hydrogens (tertiary/aromatic N) is 1. The highest BCUT2D eigenvalue weighted by atomic mass is 16.6. The van der Waals surface area contributed by atoms with Crippen LogP contribution in [0.5, 0.6) is 0 Å². The van der Waals surface area contributed by atoms with Crippen molar-refractivity contribution in [1.29, 1.82) is 0 Å². The first kappa shape index (κ1) is 15.7. The molecule has 0 N–H and O–H groups in total. The van der Waals surface area contributed by atoms with Gasteiger partial charge in [-0.3, -0.25) is 14.9 Å². The van der Waals surface area contributed by atoms with Crippen molar-refractivity contribution in [1.82, 2.24) is 0 Å². The third kappa shape index (κ3) is 4.15. The minimum absolute atomic E-state index is 0.0362. The number of hydrogen-bond acceptors (Lipinski definition) is 4. The van der Waals surface area contributed by atoms with Crippen LogP contribution < -0.4 is 0 Å². The fourth-order valence-electron chi connectivity index (χ4n) is 2.21. The monoisotopic (exact) mass is 299 g/mol. The molecule has 0 unspecified atom stereocenters. The van der Waals surface area contributed by atoms with E-state index in [2.05, 4.69) is 0 Å².